The molecule has 22 heavy (non-hydrogen) atoms. The van der Waals surface area contributed by atoms with Crippen LogP contribution in [0.25, 0.3) is 5.65 Å². The minimum atomic E-state index is 0.287. The van der Waals surface area contributed by atoms with Crippen LogP contribution in [0, 0.1) is 6.92 Å². The Morgan fingerprint density at radius 3 is 2.77 bits per heavy atom. The van der Waals surface area contributed by atoms with E-state index in [1.807, 2.05) is 31.3 Å². The molecule has 6 heteroatoms. The number of nitrogen functional groups attached to an aromatic ring is 1. The number of nitrogens with zero attached hydrogens (tertiary/aromatic N) is 3. The van der Waals surface area contributed by atoms with Gasteiger partial charge >= 0.3 is 0 Å². The molecule has 0 spiro atoms. The van der Waals surface area contributed by atoms with Crippen molar-refractivity contribution in [3.63, 3.8) is 0 Å². The highest BCUT2D eigenvalue weighted by atomic mass is 16.5. The average Bonchev–Trinajstić information content (AvgIpc) is 2.87. The van der Waals surface area contributed by atoms with Crippen molar-refractivity contribution in [3.05, 3.63) is 47.7 Å². The zero-order chi connectivity index (χ0) is 15.5. The first-order chi connectivity index (χ1) is 10.7. The minimum absolute atomic E-state index is 0.287. The number of methoxy groups -OCH3 is 1. The van der Waals surface area contributed by atoms with Crippen LogP contribution < -0.4 is 15.8 Å². The number of anilines is 2. The molecular weight excluding hydrogens is 278 g/mol. The van der Waals surface area contributed by atoms with Crippen LogP contribution >= 0.6 is 0 Å². The van der Waals surface area contributed by atoms with Crippen LogP contribution in [-0.2, 0) is 6.42 Å². The van der Waals surface area contributed by atoms with E-state index >= 15 is 0 Å². The average molecular weight is 297 g/mol. The molecule has 2 aromatic heterocycles. The molecular formula is C16H19N5O. The van der Waals surface area contributed by atoms with Gasteiger partial charge in [0.1, 0.15) is 5.75 Å². The first kappa shape index (κ1) is 14.2. The molecule has 0 aliphatic heterocycles. The summed E-state index contributed by atoms with van der Waals surface area (Å²) in [6.45, 7) is 2.88. The fourth-order valence-electron chi connectivity index (χ4n) is 2.36. The summed E-state index contributed by atoms with van der Waals surface area (Å²) >= 11 is 0. The number of hydrogen-bond acceptors (Lipinski definition) is 5. The van der Waals surface area contributed by atoms with Crippen LogP contribution in [0.15, 0.2) is 36.5 Å². The van der Waals surface area contributed by atoms with Gasteiger partial charge in [0.15, 0.2) is 5.65 Å². The van der Waals surface area contributed by atoms with Crippen LogP contribution in [0.1, 0.15) is 11.1 Å². The number of aryl methyl sites for hydroxylation is 1. The van der Waals surface area contributed by atoms with E-state index in [4.69, 9.17) is 10.5 Å². The summed E-state index contributed by atoms with van der Waals surface area (Å²) in [5.41, 5.74) is 9.79. The smallest absolute Gasteiger partial charge is 0.240 e. The summed E-state index contributed by atoms with van der Waals surface area (Å²) in [5.74, 6) is 1.16. The molecule has 1 aromatic carbocycles. The second kappa shape index (κ2) is 5.93. The van der Waals surface area contributed by atoms with Gasteiger partial charge in [0.25, 0.3) is 0 Å². The van der Waals surface area contributed by atoms with Crippen molar-refractivity contribution in [2.75, 3.05) is 24.7 Å². The zero-order valence-corrected chi connectivity index (χ0v) is 12.7. The lowest BCUT2D eigenvalue weighted by molar-refractivity contribution is 0.414. The quantitative estimate of drug-likeness (QED) is 0.755. The van der Waals surface area contributed by atoms with E-state index in [1.165, 1.54) is 5.56 Å². The van der Waals surface area contributed by atoms with Gasteiger partial charge in [-0.15, -0.1) is 5.10 Å². The predicted molar refractivity (Wildman–Crippen MR) is 87.3 cm³/mol. The van der Waals surface area contributed by atoms with Gasteiger partial charge in [0.05, 0.1) is 19.0 Å². The Balaban J connectivity index is 1.66. The van der Waals surface area contributed by atoms with Crippen LogP contribution in [0.2, 0.25) is 0 Å². The number of benzene rings is 1. The molecule has 0 aliphatic carbocycles. The summed E-state index contributed by atoms with van der Waals surface area (Å²) in [5, 5.41) is 7.56. The topological polar surface area (TPSA) is 77.5 Å². The van der Waals surface area contributed by atoms with Crippen molar-refractivity contribution in [1.29, 1.82) is 0 Å². The van der Waals surface area contributed by atoms with Crippen LogP contribution in [-0.4, -0.2) is 28.3 Å². The second-order valence-corrected chi connectivity index (χ2v) is 5.17. The van der Waals surface area contributed by atoms with Gasteiger partial charge in [-0.2, -0.15) is 4.98 Å². The van der Waals surface area contributed by atoms with E-state index < -0.39 is 0 Å². The molecule has 0 aliphatic rings. The molecule has 6 nitrogen and oxygen atoms in total. The molecule has 114 valence electrons. The Hall–Kier alpha value is -2.76. The van der Waals surface area contributed by atoms with E-state index in [1.54, 1.807) is 11.6 Å². The Kier molecular flexibility index (Phi) is 3.82. The van der Waals surface area contributed by atoms with Crippen molar-refractivity contribution in [2.45, 2.75) is 13.3 Å². The van der Waals surface area contributed by atoms with Gasteiger partial charge < -0.3 is 15.8 Å². The third kappa shape index (κ3) is 2.95. The van der Waals surface area contributed by atoms with E-state index in [9.17, 15) is 0 Å². The third-order valence-electron chi connectivity index (χ3n) is 3.58. The summed E-state index contributed by atoms with van der Waals surface area (Å²) in [6.07, 6.45) is 2.85. The van der Waals surface area contributed by atoms with Gasteiger partial charge in [-0.25, -0.2) is 4.52 Å². The van der Waals surface area contributed by atoms with Crippen molar-refractivity contribution in [2.24, 2.45) is 0 Å². The fraction of sp³-hybridized carbons (Fsp3) is 0.250. The number of hydrogen-bond donors (Lipinski definition) is 2. The highest BCUT2D eigenvalue weighted by Crippen LogP contribution is 2.17. The predicted octanol–water partition coefficient (Wildman–Crippen LogP) is 2.28. The van der Waals surface area contributed by atoms with Crippen LogP contribution in [0.4, 0.5) is 11.6 Å². The molecule has 0 bridgehead atoms. The normalized spacial score (nSPS) is 10.8. The van der Waals surface area contributed by atoms with E-state index in [2.05, 4.69) is 27.5 Å². The zero-order valence-electron chi connectivity index (χ0n) is 12.7. The Morgan fingerprint density at radius 2 is 2.05 bits per heavy atom. The molecule has 0 radical (unpaired) electrons. The molecule has 0 atom stereocenters. The first-order valence-corrected chi connectivity index (χ1v) is 7.15. The first-order valence-electron chi connectivity index (χ1n) is 7.15. The Bertz CT molecular complexity index is 779. The standard InChI is InChI=1S/C16H19N5O/c1-11-9-15-19-16(17)20-21(15)10-14(11)18-8-7-12-3-5-13(22-2)6-4-12/h3-6,9-10,18H,7-8H2,1-2H3,(H2,17,20). The van der Waals surface area contributed by atoms with Gasteiger partial charge in [-0.3, -0.25) is 0 Å². The number of fused-ring (bicyclic) bond motifs is 1. The molecule has 0 fully saturated rings. The largest absolute Gasteiger partial charge is 0.497 e. The fourth-order valence-corrected chi connectivity index (χ4v) is 2.36. The molecule has 0 unspecified atom stereocenters. The lowest BCUT2D eigenvalue weighted by Gasteiger charge is -2.10. The summed E-state index contributed by atoms with van der Waals surface area (Å²) in [7, 11) is 1.67. The monoisotopic (exact) mass is 297 g/mol. The van der Waals surface area contributed by atoms with Crippen molar-refractivity contribution in [3.8, 4) is 5.75 Å². The van der Waals surface area contributed by atoms with Gasteiger partial charge in [0, 0.05) is 6.54 Å². The maximum atomic E-state index is 5.62. The molecule has 3 aromatic rings. The van der Waals surface area contributed by atoms with Crippen molar-refractivity contribution in [1.82, 2.24) is 14.6 Å². The molecule has 3 N–H and O–H groups in total. The van der Waals surface area contributed by atoms with Crippen molar-refractivity contribution < 1.29 is 4.74 Å². The lowest BCUT2D eigenvalue weighted by Crippen LogP contribution is -2.07. The summed E-state index contributed by atoms with van der Waals surface area (Å²) < 4.78 is 6.85. The van der Waals surface area contributed by atoms with Gasteiger partial charge in [0.2, 0.25) is 5.95 Å². The Labute approximate surface area is 128 Å². The number of rotatable bonds is 5. The molecule has 0 amide bonds. The number of aromatic nitrogens is 3. The second-order valence-electron chi connectivity index (χ2n) is 5.17. The SMILES string of the molecule is COc1ccc(CCNc2cn3nc(N)nc3cc2C)cc1. The molecule has 0 saturated heterocycles. The maximum absolute atomic E-state index is 5.62. The van der Waals surface area contributed by atoms with Gasteiger partial charge in [-0.05, 0) is 42.7 Å². The van der Waals surface area contributed by atoms with E-state index in [0.717, 1.165) is 35.6 Å². The summed E-state index contributed by atoms with van der Waals surface area (Å²) in [4.78, 5) is 4.15. The minimum Gasteiger partial charge on any atom is -0.497 e. The molecule has 3 rings (SSSR count). The van der Waals surface area contributed by atoms with Crippen LogP contribution in [0.3, 0.4) is 0 Å². The number of pyridine rings is 1. The lowest BCUT2D eigenvalue weighted by atomic mass is 10.1. The summed E-state index contributed by atoms with van der Waals surface area (Å²) in [6, 6.07) is 10.1. The Morgan fingerprint density at radius 1 is 1.27 bits per heavy atom. The highest BCUT2D eigenvalue weighted by molar-refractivity contribution is 5.57. The van der Waals surface area contributed by atoms with Crippen molar-refractivity contribution >= 4 is 17.3 Å². The maximum Gasteiger partial charge on any atom is 0.240 e. The highest BCUT2D eigenvalue weighted by Gasteiger charge is 2.05. The number of nitrogens with one attached hydrogen (secondary N) is 1. The molecule has 0 saturated carbocycles. The molecule has 2 heterocycles. The van der Waals surface area contributed by atoms with Crippen LogP contribution in [0.5, 0.6) is 5.75 Å². The van der Waals surface area contributed by atoms with E-state index in [-0.39, 0.29) is 5.95 Å². The number of nitrogens with two attached hydrogens (primary N) is 1. The third-order valence-corrected chi connectivity index (χ3v) is 3.58. The number of ether oxygens (including phenoxy) is 1. The van der Waals surface area contributed by atoms with E-state index in [0.29, 0.717) is 0 Å². The van der Waals surface area contributed by atoms with Gasteiger partial charge in [-0.1, -0.05) is 12.1 Å².